The van der Waals surface area contributed by atoms with Crippen LogP contribution in [0.15, 0.2) is 77.5 Å². The average Bonchev–Trinajstić information content (AvgIpc) is 3.58. The summed E-state index contributed by atoms with van der Waals surface area (Å²) in [6.07, 6.45) is 4.01. The number of halogens is 2. The third-order valence-electron chi connectivity index (χ3n) is 8.73. The fourth-order valence-electron chi connectivity index (χ4n) is 6.16. The minimum Gasteiger partial charge on any atom is -0.493 e. The van der Waals surface area contributed by atoms with E-state index in [1.807, 2.05) is 30.3 Å². The predicted octanol–water partition coefficient (Wildman–Crippen LogP) is 6.80. The van der Waals surface area contributed by atoms with Crippen LogP contribution in [0.4, 0.5) is 10.5 Å². The van der Waals surface area contributed by atoms with Crippen LogP contribution in [-0.4, -0.2) is 56.9 Å². The Balaban J connectivity index is 1.21. The monoisotopic (exact) mass is 680 g/mol. The van der Waals surface area contributed by atoms with Gasteiger partial charge in [-0.25, -0.2) is 14.6 Å². The number of para-hydroxylation sites is 1. The molecule has 5 heterocycles. The molecule has 3 aliphatic heterocycles. The van der Waals surface area contributed by atoms with Gasteiger partial charge in [0, 0.05) is 24.2 Å². The lowest BCUT2D eigenvalue weighted by molar-refractivity contribution is -0.377. The molecule has 7 rings (SSSR count). The number of esters is 1. The van der Waals surface area contributed by atoms with Crippen molar-refractivity contribution in [2.75, 3.05) is 38.8 Å². The summed E-state index contributed by atoms with van der Waals surface area (Å²) in [6, 6.07) is 17.7. The van der Waals surface area contributed by atoms with Crippen LogP contribution in [-0.2, 0) is 22.4 Å². The van der Waals surface area contributed by atoms with E-state index >= 15 is 0 Å². The normalized spacial score (nSPS) is 19.1. The molecule has 2 aromatic heterocycles. The van der Waals surface area contributed by atoms with E-state index < -0.39 is 18.2 Å². The molecule has 246 valence electrons. The zero-order valence-electron chi connectivity index (χ0n) is 26.1. The van der Waals surface area contributed by atoms with Crippen molar-refractivity contribution in [3.63, 3.8) is 0 Å². The second kappa shape index (κ2) is 14.7. The highest BCUT2D eigenvalue weighted by atomic mass is 35.5. The lowest BCUT2D eigenvalue weighted by atomic mass is 9.86. The first-order valence-corrected chi connectivity index (χ1v) is 16.2. The van der Waals surface area contributed by atoms with Gasteiger partial charge in [0.1, 0.15) is 28.0 Å². The number of hydrogen-bond acceptors (Lipinski definition) is 8. The Morgan fingerprint density at radius 1 is 0.979 bits per heavy atom. The number of nitrogens with one attached hydrogen (secondary N) is 1. The number of nitrogens with zero attached hydrogens (tertiary/aromatic N) is 2. The van der Waals surface area contributed by atoms with Crippen molar-refractivity contribution in [2.45, 2.75) is 38.0 Å². The largest absolute Gasteiger partial charge is 0.493 e. The molecule has 1 N–H and O–H groups in total. The van der Waals surface area contributed by atoms with Crippen LogP contribution in [0.1, 0.15) is 46.4 Å². The van der Waals surface area contributed by atoms with Gasteiger partial charge in [0.05, 0.1) is 20.8 Å². The van der Waals surface area contributed by atoms with Gasteiger partial charge in [-0.1, -0.05) is 47.5 Å². The Bertz CT molecular complexity index is 1690. The Labute approximate surface area is 283 Å². The third-order valence-corrected chi connectivity index (χ3v) is 9.40. The van der Waals surface area contributed by atoms with Gasteiger partial charge in [-0.3, -0.25) is 9.80 Å². The molecule has 3 aliphatic rings. The Morgan fingerprint density at radius 2 is 1.70 bits per heavy atom. The van der Waals surface area contributed by atoms with E-state index in [-0.39, 0.29) is 24.8 Å². The minimum atomic E-state index is -0.814. The molecule has 0 aliphatic carbocycles. The molecule has 1 amide bonds. The van der Waals surface area contributed by atoms with Gasteiger partial charge in [-0.2, -0.15) is 0 Å². The highest BCUT2D eigenvalue weighted by molar-refractivity contribution is 6.35. The van der Waals surface area contributed by atoms with Crippen LogP contribution in [0.2, 0.25) is 10.0 Å². The van der Waals surface area contributed by atoms with Gasteiger partial charge in [0.25, 0.3) is 0 Å². The fourth-order valence-corrected chi connectivity index (χ4v) is 6.69. The first kappa shape index (κ1) is 32.7. The molecule has 10 nitrogen and oxygen atoms in total. The molecule has 3 saturated heterocycles. The standard InChI is InChI=1S/C35H35Cl2N3O7/c1-43-29-10-8-23(16-32(29)44-2)31(17-26-27(36)18-38-19-28(26)37)46-34(41)30-11-9-25(45-30)20-40(24-6-4-3-5-7-24)35(42)47-33-21-39-14-12-22(33)13-15-39/h3-11,16,18-19,22,31,33H,12-15,17,20-21H2,1-2H3/p+1/t31-,33-/m0/s1. The molecule has 4 aromatic rings. The lowest BCUT2D eigenvalue weighted by Crippen LogP contribution is -2.53. The molecule has 0 saturated carbocycles. The van der Waals surface area contributed by atoms with Crippen LogP contribution in [0.5, 0.6) is 11.5 Å². The maximum absolute atomic E-state index is 13.6. The first-order valence-electron chi connectivity index (χ1n) is 15.4. The molecular formula is C35H36Cl2N3O7+. The van der Waals surface area contributed by atoms with Gasteiger partial charge < -0.3 is 23.4 Å². The summed E-state index contributed by atoms with van der Waals surface area (Å²) in [6.45, 7) is 2.89. The summed E-state index contributed by atoms with van der Waals surface area (Å²) in [5.74, 6) is 1.02. The highest BCUT2D eigenvalue weighted by Crippen LogP contribution is 2.36. The second-order valence-electron chi connectivity index (χ2n) is 11.6. The van der Waals surface area contributed by atoms with E-state index in [1.54, 1.807) is 43.8 Å². The van der Waals surface area contributed by atoms with Crippen LogP contribution in [0, 0.1) is 5.92 Å². The molecule has 0 spiro atoms. The van der Waals surface area contributed by atoms with Crippen molar-refractivity contribution in [1.29, 1.82) is 0 Å². The summed E-state index contributed by atoms with van der Waals surface area (Å²) >= 11 is 12.9. The maximum atomic E-state index is 13.6. The zero-order valence-corrected chi connectivity index (χ0v) is 27.6. The number of pyridine rings is 1. The number of benzene rings is 2. The van der Waals surface area contributed by atoms with Gasteiger partial charge >= 0.3 is 12.1 Å². The predicted molar refractivity (Wildman–Crippen MR) is 175 cm³/mol. The number of methoxy groups -OCH3 is 2. The van der Waals surface area contributed by atoms with Gasteiger partial charge in [-0.05, 0) is 73.8 Å². The molecule has 2 atom stereocenters. The Hall–Kier alpha value is -4.25. The quantitative estimate of drug-likeness (QED) is 0.159. The van der Waals surface area contributed by atoms with Crippen LogP contribution in [0.3, 0.4) is 0 Å². The number of anilines is 1. The van der Waals surface area contributed by atoms with Crippen LogP contribution >= 0.6 is 23.2 Å². The van der Waals surface area contributed by atoms with Crippen LogP contribution < -0.4 is 19.4 Å². The van der Waals surface area contributed by atoms with Crippen molar-refractivity contribution in [3.05, 3.63) is 106 Å². The van der Waals surface area contributed by atoms with Crippen molar-refractivity contribution in [3.8, 4) is 11.5 Å². The number of H-pyrrole nitrogens is 1. The molecule has 2 bridgehead atoms. The summed E-state index contributed by atoms with van der Waals surface area (Å²) in [5, 5.41) is 0.788. The first-order chi connectivity index (χ1) is 22.8. The fraction of sp³-hybridized carbons (Fsp3) is 0.343. The Kier molecular flexibility index (Phi) is 10.2. The number of fused-ring (bicyclic) bond motifs is 3. The number of ether oxygens (including phenoxy) is 4. The topological polar surface area (TPSA) is 105 Å². The van der Waals surface area contributed by atoms with Gasteiger partial charge in [0.15, 0.2) is 23.9 Å². The number of amides is 1. The number of carbonyl (C=O) groups excluding carboxylic acids is 2. The van der Waals surface area contributed by atoms with E-state index in [0.29, 0.717) is 50.0 Å². The SMILES string of the molecule is COc1ccc([C@H](Cc2c(Cl)c[nH+]cc2Cl)OC(=O)c2ccc(CN(C(=O)O[C@H]3CN4CCC3CC4)c3ccccc3)o2)cc1OC. The summed E-state index contributed by atoms with van der Waals surface area (Å²) in [5.41, 5.74) is 1.88. The third kappa shape index (κ3) is 7.51. The maximum Gasteiger partial charge on any atom is 0.415 e. The number of aromatic amines is 1. The number of rotatable bonds is 11. The molecule has 12 heteroatoms. The number of piperidine rings is 3. The summed E-state index contributed by atoms with van der Waals surface area (Å²) in [4.78, 5) is 33.9. The second-order valence-corrected chi connectivity index (χ2v) is 12.4. The summed E-state index contributed by atoms with van der Waals surface area (Å²) in [7, 11) is 3.07. The van der Waals surface area contributed by atoms with E-state index in [0.717, 1.165) is 32.5 Å². The van der Waals surface area contributed by atoms with Crippen LogP contribution in [0.25, 0.3) is 0 Å². The molecule has 3 fully saturated rings. The van der Waals surface area contributed by atoms with Gasteiger partial charge in [0.2, 0.25) is 5.76 Å². The van der Waals surface area contributed by atoms with E-state index in [2.05, 4.69) is 9.88 Å². The van der Waals surface area contributed by atoms with Crippen molar-refractivity contribution in [2.24, 2.45) is 5.92 Å². The van der Waals surface area contributed by atoms with E-state index in [9.17, 15) is 9.59 Å². The minimum absolute atomic E-state index is 0.0252. The number of furan rings is 1. The summed E-state index contributed by atoms with van der Waals surface area (Å²) < 4.78 is 28.9. The van der Waals surface area contributed by atoms with Crippen molar-refractivity contribution >= 4 is 41.0 Å². The number of aromatic nitrogens is 1. The number of hydrogen-bond donors (Lipinski definition) is 0. The van der Waals surface area contributed by atoms with E-state index in [4.69, 9.17) is 46.6 Å². The highest BCUT2D eigenvalue weighted by Gasteiger charge is 2.37. The van der Waals surface area contributed by atoms with Crippen molar-refractivity contribution < 1.29 is 37.9 Å². The van der Waals surface area contributed by atoms with Crippen molar-refractivity contribution in [1.82, 2.24) is 4.90 Å². The lowest BCUT2D eigenvalue weighted by Gasteiger charge is -2.44. The molecule has 2 aromatic carbocycles. The molecule has 0 unspecified atom stereocenters. The zero-order chi connectivity index (χ0) is 32.9. The Morgan fingerprint density at radius 3 is 2.36 bits per heavy atom. The smallest absolute Gasteiger partial charge is 0.415 e. The molecule has 0 radical (unpaired) electrons. The number of carbonyl (C=O) groups is 2. The molecule has 47 heavy (non-hydrogen) atoms. The average molecular weight is 682 g/mol. The molecular weight excluding hydrogens is 645 g/mol. The van der Waals surface area contributed by atoms with Gasteiger partial charge in [-0.15, -0.1) is 0 Å². The van der Waals surface area contributed by atoms with E-state index in [1.165, 1.54) is 18.1 Å².